The van der Waals surface area contributed by atoms with Gasteiger partial charge in [-0.1, -0.05) is 70.4 Å². The van der Waals surface area contributed by atoms with E-state index >= 15 is 0 Å². The molecule has 0 aliphatic rings. The lowest BCUT2D eigenvalue weighted by atomic mass is 9.93. The summed E-state index contributed by atoms with van der Waals surface area (Å²) in [5.41, 5.74) is 0.211. The number of aryl methyl sites for hydroxylation is 1. The van der Waals surface area contributed by atoms with Crippen LogP contribution in [0.3, 0.4) is 0 Å². The second-order valence-corrected chi connectivity index (χ2v) is 8.46. The van der Waals surface area contributed by atoms with Crippen molar-refractivity contribution >= 4 is 5.91 Å². The first kappa shape index (κ1) is 26.4. The molecular formula is C25H43NO4. The Balaban J connectivity index is 2.25. The van der Waals surface area contributed by atoms with Crippen molar-refractivity contribution in [2.75, 3.05) is 19.8 Å². The van der Waals surface area contributed by atoms with Gasteiger partial charge in [0.25, 0.3) is 0 Å². The number of nitrogens with one attached hydrogen (secondary N) is 1. The van der Waals surface area contributed by atoms with Crippen molar-refractivity contribution in [3.05, 3.63) is 29.8 Å². The number of hydrogen-bond donors (Lipinski definition) is 3. The third kappa shape index (κ3) is 11.6. The van der Waals surface area contributed by atoms with Crippen molar-refractivity contribution in [3.8, 4) is 5.75 Å². The predicted molar refractivity (Wildman–Crippen MR) is 123 cm³/mol. The first-order chi connectivity index (χ1) is 14.5. The highest BCUT2D eigenvalue weighted by Crippen LogP contribution is 2.19. The van der Waals surface area contributed by atoms with Crippen LogP contribution in [0.25, 0.3) is 0 Å². The molecule has 0 aliphatic carbocycles. The number of rotatable bonds is 18. The van der Waals surface area contributed by atoms with Crippen molar-refractivity contribution in [1.29, 1.82) is 0 Å². The summed E-state index contributed by atoms with van der Waals surface area (Å²) in [5.74, 6) is 0.648. The zero-order valence-electron chi connectivity index (χ0n) is 19.1. The van der Waals surface area contributed by atoms with Crippen LogP contribution in [0.5, 0.6) is 5.75 Å². The molecule has 0 spiro atoms. The number of unbranched alkanes of at least 4 members (excludes halogenated alkanes) is 8. The predicted octanol–water partition coefficient (Wildman–Crippen LogP) is 4.78. The summed E-state index contributed by atoms with van der Waals surface area (Å²) in [6.07, 6.45) is 13.8. The molecule has 5 nitrogen and oxygen atoms in total. The third-order valence-electron chi connectivity index (χ3n) is 5.58. The van der Waals surface area contributed by atoms with E-state index in [1.807, 2.05) is 12.1 Å². The second-order valence-electron chi connectivity index (χ2n) is 8.46. The van der Waals surface area contributed by atoms with Gasteiger partial charge < -0.3 is 20.3 Å². The normalized spacial score (nSPS) is 11.5. The molecule has 0 atom stereocenters. The SMILES string of the molecule is CCCCCCCCCCCOc1cccc(CCCC(CO)(CO)NC(C)=O)c1. The zero-order chi connectivity index (χ0) is 22.1. The lowest BCUT2D eigenvalue weighted by molar-refractivity contribution is -0.122. The minimum absolute atomic E-state index is 0.245. The number of ether oxygens (including phenoxy) is 1. The fourth-order valence-corrected chi connectivity index (χ4v) is 3.75. The molecule has 1 rings (SSSR count). The van der Waals surface area contributed by atoms with Crippen LogP contribution >= 0.6 is 0 Å². The smallest absolute Gasteiger partial charge is 0.217 e. The van der Waals surface area contributed by atoms with E-state index in [9.17, 15) is 15.0 Å². The molecule has 1 aromatic carbocycles. The molecule has 0 unspecified atom stereocenters. The molecule has 0 aliphatic heterocycles. The highest BCUT2D eigenvalue weighted by molar-refractivity contribution is 5.73. The number of carbonyl (C=O) groups excluding carboxylic acids is 1. The number of hydrogen-bond acceptors (Lipinski definition) is 4. The molecule has 5 heteroatoms. The number of carbonyl (C=O) groups is 1. The van der Waals surface area contributed by atoms with Crippen LogP contribution in [0.15, 0.2) is 24.3 Å². The van der Waals surface area contributed by atoms with E-state index in [2.05, 4.69) is 24.4 Å². The molecule has 1 aromatic rings. The van der Waals surface area contributed by atoms with Gasteiger partial charge in [0.15, 0.2) is 0 Å². The molecular weight excluding hydrogens is 378 g/mol. The molecule has 0 bridgehead atoms. The van der Waals surface area contributed by atoms with Crippen LogP contribution in [0, 0.1) is 0 Å². The van der Waals surface area contributed by atoms with E-state index in [0.29, 0.717) is 6.42 Å². The van der Waals surface area contributed by atoms with Crippen LogP contribution in [-0.4, -0.2) is 41.5 Å². The summed E-state index contributed by atoms with van der Waals surface area (Å²) in [5, 5.41) is 21.9. The topological polar surface area (TPSA) is 78.8 Å². The van der Waals surface area contributed by atoms with E-state index in [-0.39, 0.29) is 19.1 Å². The summed E-state index contributed by atoms with van der Waals surface area (Å²) in [6, 6.07) is 8.11. The van der Waals surface area contributed by atoms with E-state index in [0.717, 1.165) is 37.2 Å². The Bertz CT molecular complexity index is 572. The number of aliphatic hydroxyl groups is 2. The van der Waals surface area contributed by atoms with Crippen LogP contribution in [0.4, 0.5) is 0 Å². The molecule has 0 saturated heterocycles. The van der Waals surface area contributed by atoms with Crippen molar-refractivity contribution in [2.45, 2.75) is 96.4 Å². The van der Waals surface area contributed by atoms with Gasteiger partial charge in [0.2, 0.25) is 5.91 Å². The first-order valence-electron chi connectivity index (χ1n) is 11.8. The van der Waals surface area contributed by atoms with Gasteiger partial charge in [-0.15, -0.1) is 0 Å². The quantitative estimate of drug-likeness (QED) is 0.298. The molecule has 3 N–H and O–H groups in total. The summed E-state index contributed by atoms with van der Waals surface area (Å²) in [4.78, 5) is 11.3. The van der Waals surface area contributed by atoms with Gasteiger partial charge in [0.1, 0.15) is 5.75 Å². The van der Waals surface area contributed by atoms with Crippen LogP contribution in [0.2, 0.25) is 0 Å². The second kappa shape index (κ2) is 16.1. The zero-order valence-corrected chi connectivity index (χ0v) is 19.1. The van der Waals surface area contributed by atoms with Crippen LogP contribution in [0.1, 0.15) is 90.0 Å². The minimum atomic E-state index is -0.948. The molecule has 0 heterocycles. The van der Waals surface area contributed by atoms with Crippen molar-refractivity contribution in [1.82, 2.24) is 5.32 Å². The molecule has 172 valence electrons. The Kier molecular flexibility index (Phi) is 14.2. The van der Waals surface area contributed by atoms with Gasteiger partial charge in [0.05, 0.1) is 25.4 Å². The minimum Gasteiger partial charge on any atom is -0.494 e. The molecule has 30 heavy (non-hydrogen) atoms. The molecule has 0 fully saturated rings. The van der Waals surface area contributed by atoms with E-state index in [1.165, 1.54) is 58.3 Å². The van der Waals surface area contributed by atoms with E-state index in [1.54, 1.807) is 0 Å². The standard InChI is InChI=1S/C25H43NO4/c1-3-4-5-6-7-8-9-10-11-18-30-24-16-12-14-23(19-24)15-13-17-25(20-27,21-28)26-22(2)29/h12,14,16,19,27-28H,3-11,13,15,17-18,20-21H2,1-2H3,(H,26,29). The summed E-state index contributed by atoms with van der Waals surface area (Å²) in [7, 11) is 0. The summed E-state index contributed by atoms with van der Waals surface area (Å²) in [6.45, 7) is 3.85. The van der Waals surface area contributed by atoms with Crippen molar-refractivity contribution in [2.24, 2.45) is 0 Å². The maximum absolute atomic E-state index is 11.3. The highest BCUT2D eigenvalue weighted by atomic mass is 16.5. The summed E-state index contributed by atoms with van der Waals surface area (Å²) < 4.78 is 5.91. The Labute approximate surface area is 183 Å². The fourth-order valence-electron chi connectivity index (χ4n) is 3.75. The van der Waals surface area contributed by atoms with Gasteiger partial charge in [-0.05, 0) is 43.4 Å². The third-order valence-corrected chi connectivity index (χ3v) is 5.58. The monoisotopic (exact) mass is 421 g/mol. The highest BCUT2D eigenvalue weighted by Gasteiger charge is 2.28. The van der Waals surface area contributed by atoms with Gasteiger partial charge in [-0.25, -0.2) is 0 Å². The average Bonchev–Trinajstić information content (AvgIpc) is 2.74. The maximum Gasteiger partial charge on any atom is 0.217 e. The van der Waals surface area contributed by atoms with E-state index < -0.39 is 5.54 Å². The molecule has 0 radical (unpaired) electrons. The largest absolute Gasteiger partial charge is 0.494 e. The number of aliphatic hydroxyl groups excluding tert-OH is 2. The molecule has 1 amide bonds. The maximum atomic E-state index is 11.3. The number of benzene rings is 1. The average molecular weight is 422 g/mol. The number of amides is 1. The van der Waals surface area contributed by atoms with Gasteiger partial charge >= 0.3 is 0 Å². The summed E-state index contributed by atoms with van der Waals surface area (Å²) >= 11 is 0. The Morgan fingerprint density at radius 3 is 2.20 bits per heavy atom. The van der Waals surface area contributed by atoms with Crippen molar-refractivity contribution < 1.29 is 19.7 Å². The molecule has 0 aromatic heterocycles. The molecule has 0 saturated carbocycles. The van der Waals surface area contributed by atoms with Crippen LogP contribution < -0.4 is 10.1 Å². The van der Waals surface area contributed by atoms with Gasteiger partial charge in [-0.2, -0.15) is 0 Å². The van der Waals surface area contributed by atoms with E-state index in [4.69, 9.17) is 4.74 Å². The lowest BCUT2D eigenvalue weighted by Gasteiger charge is -2.30. The lowest BCUT2D eigenvalue weighted by Crippen LogP contribution is -2.53. The Morgan fingerprint density at radius 1 is 0.967 bits per heavy atom. The Hall–Kier alpha value is -1.59. The van der Waals surface area contributed by atoms with Crippen molar-refractivity contribution in [3.63, 3.8) is 0 Å². The first-order valence-corrected chi connectivity index (χ1v) is 11.8. The Morgan fingerprint density at radius 2 is 1.60 bits per heavy atom. The van der Waals surface area contributed by atoms with Gasteiger partial charge in [0, 0.05) is 6.92 Å². The van der Waals surface area contributed by atoms with Gasteiger partial charge in [-0.3, -0.25) is 4.79 Å². The fraction of sp³-hybridized carbons (Fsp3) is 0.720. The van der Waals surface area contributed by atoms with Crippen LogP contribution in [-0.2, 0) is 11.2 Å².